The number of amidine groups is 1. The largest absolute Gasteiger partial charge is 0.490 e. The van der Waals surface area contributed by atoms with Crippen LogP contribution in [0.25, 0.3) is 0 Å². The lowest BCUT2D eigenvalue weighted by Crippen LogP contribution is -2.15. The maximum absolute atomic E-state index is 14.0. The molecular weight excluding hydrogens is 315 g/mol. The molecule has 0 radical (unpaired) electrons. The van der Waals surface area contributed by atoms with E-state index in [1.807, 2.05) is 0 Å². The zero-order valence-electron chi connectivity index (χ0n) is 11.2. The third-order valence-electron chi connectivity index (χ3n) is 2.54. The number of halogens is 2. The van der Waals surface area contributed by atoms with E-state index < -0.39 is 5.82 Å². The second-order valence-electron chi connectivity index (χ2n) is 5.38. The first kappa shape index (κ1) is 15.8. The Morgan fingerprint density at radius 2 is 2.11 bits per heavy atom. The van der Waals surface area contributed by atoms with Crippen molar-refractivity contribution in [2.24, 2.45) is 16.3 Å². The Hall–Kier alpha value is -1.30. The maximum Gasteiger partial charge on any atom is 0.179 e. The van der Waals surface area contributed by atoms with Crippen molar-refractivity contribution in [2.75, 3.05) is 6.61 Å². The zero-order valence-corrected chi connectivity index (χ0v) is 12.8. The molecule has 1 aromatic carbocycles. The molecule has 0 heterocycles. The van der Waals surface area contributed by atoms with Gasteiger partial charge in [0.15, 0.2) is 17.4 Å². The number of hydrogen-bond donors (Lipinski definition) is 2. The van der Waals surface area contributed by atoms with Gasteiger partial charge in [0.05, 0.1) is 11.1 Å². The summed E-state index contributed by atoms with van der Waals surface area (Å²) >= 11 is 3.08. The number of benzene rings is 1. The van der Waals surface area contributed by atoms with Gasteiger partial charge < -0.3 is 15.7 Å². The van der Waals surface area contributed by atoms with Crippen molar-refractivity contribution >= 4 is 21.8 Å². The maximum atomic E-state index is 14.0. The summed E-state index contributed by atoms with van der Waals surface area (Å²) in [5, 5.41) is 11.4. The van der Waals surface area contributed by atoms with Gasteiger partial charge in [-0.05, 0) is 39.9 Å². The number of ether oxygens (including phenoxy) is 1. The van der Waals surface area contributed by atoms with Crippen LogP contribution in [-0.2, 0) is 0 Å². The van der Waals surface area contributed by atoms with Crippen LogP contribution >= 0.6 is 15.9 Å². The summed E-state index contributed by atoms with van der Waals surface area (Å²) in [6, 6.07) is 3.00. The molecule has 0 saturated heterocycles. The fraction of sp³-hybridized carbons (Fsp3) is 0.462. The van der Waals surface area contributed by atoms with E-state index in [1.54, 1.807) is 0 Å². The van der Waals surface area contributed by atoms with Crippen molar-refractivity contribution < 1.29 is 14.3 Å². The zero-order chi connectivity index (χ0) is 14.6. The van der Waals surface area contributed by atoms with Gasteiger partial charge in [-0.15, -0.1) is 0 Å². The predicted molar refractivity (Wildman–Crippen MR) is 76.2 cm³/mol. The molecule has 0 aliphatic rings. The molecule has 0 unspecified atom stereocenters. The van der Waals surface area contributed by atoms with Gasteiger partial charge in [-0.25, -0.2) is 4.39 Å². The van der Waals surface area contributed by atoms with Gasteiger partial charge >= 0.3 is 0 Å². The lowest BCUT2D eigenvalue weighted by atomic mass is 9.93. The fourth-order valence-corrected chi connectivity index (χ4v) is 1.89. The minimum Gasteiger partial charge on any atom is -0.490 e. The van der Waals surface area contributed by atoms with Crippen LogP contribution in [0.15, 0.2) is 21.8 Å². The monoisotopic (exact) mass is 332 g/mol. The van der Waals surface area contributed by atoms with Crippen LogP contribution in [0.1, 0.15) is 32.8 Å². The number of oxime groups is 1. The number of nitrogens with zero attached hydrogens (tertiary/aromatic N) is 1. The van der Waals surface area contributed by atoms with Crippen molar-refractivity contribution in [1.82, 2.24) is 0 Å². The molecule has 19 heavy (non-hydrogen) atoms. The molecule has 0 amide bonds. The van der Waals surface area contributed by atoms with E-state index in [2.05, 4.69) is 41.9 Å². The Kier molecular flexibility index (Phi) is 5.17. The Morgan fingerprint density at radius 1 is 1.47 bits per heavy atom. The summed E-state index contributed by atoms with van der Waals surface area (Å²) in [6.07, 6.45) is 0.812. The van der Waals surface area contributed by atoms with E-state index in [0.29, 0.717) is 6.61 Å². The van der Waals surface area contributed by atoms with E-state index in [4.69, 9.17) is 15.7 Å². The lowest BCUT2D eigenvalue weighted by molar-refractivity contribution is 0.235. The Morgan fingerprint density at radius 3 is 2.63 bits per heavy atom. The Labute approximate surface area is 120 Å². The van der Waals surface area contributed by atoms with Gasteiger partial charge in [0.25, 0.3) is 0 Å². The summed E-state index contributed by atoms with van der Waals surface area (Å²) < 4.78 is 19.5. The highest BCUT2D eigenvalue weighted by atomic mass is 79.9. The molecule has 0 fully saturated rings. The molecule has 0 aliphatic heterocycles. The number of hydrogen-bond acceptors (Lipinski definition) is 3. The molecule has 6 heteroatoms. The summed E-state index contributed by atoms with van der Waals surface area (Å²) in [5.74, 6) is -0.573. The summed E-state index contributed by atoms with van der Waals surface area (Å²) in [4.78, 5) is 0. The van der Waals surface area contributed by atoms with Crippen molar-refractivity contribution in [1.29, 1.82) is 0 Å². The molecule has 1 rings (SSSR count). The molecule has 0 aromatic heterocycles. The molecule has 106 valence electrons. The van der Waals surface area contributed by atoms with Gasteiger partial charge in [0, 0.05) is 5.56 Å². The van der Waals surface area contributed by atoms with Crippen LogP contribution < -0.4 is 10.5 Å². The second-order valence-corrected chi connectivity index (χ2v) is 6.18. The summed E-state index contributed by atoms with van der Waals surface area (Å²) in [7, 11) is 0. The molecular formula is C13H18BrFN2O2. The molecule has 0 saturated carbocycles. The van der Waals surface area contributed by atoms with Crippen LogP contribution in [0.2, 0.25) is 0 Å². The fourth-order valence-electron chi connectivity index (χ4n) is 1.36. The third kappa shape index (κ3) is 4.38. The van der Waals surface area contributed by atoms with Crippen LogP contribution in [0, 0.1) is 11.2 Å². The standard InChI is InChI=1S/C13H18BrFN2O2/c1-13(2,3)6-7-19-9-5-4-8(12(16)17-18)10(14)11(9)15/h4-5,18H,6-7H2,1-3H3,(H2,16,17). The third-order valence-corrected chi connectivity index (χ3v) is 3.32. The molecule has 0 spiro atoms. The second kappa shape index (κ2) is 6.23. The minimum atomic E-state index is -0.557. The summed E-state index contributed by atoms with van der Waals surface area (Å²) in [5.41, 5.74) is 5.84. The molecule has 3 N–H and O–H groups in total. The topological polar surface area (TPSA) is 67.8 Å². The molecule has 0 bridgehead atoms. The molecule has 1 aromatic rings. The van der Waals surface area contributed by atoms with Crippen LogP contribution in [0.5, 0.6) is 5.75 Å². The first-order valence-electron chi connectivity index (χ1n) is 5.85. The number of nitrogens with two attached hydrogens (primary N) is 1. The van der Waals surface area contributed by atoms with E-state index in [9.17, 15) is 4.39 Å². The van der Waals surface area contributed by atoms with Crippen molar-refractivity contribution in [3.8, 4) is 5.75 Å². The molecule has 4 nitrogen and oxygen atoms in total. The highest BCUT2D eigenvalue weighted by molar-refractivity contribution is 9.10. The number of rotatable bonds is 4. The van der Waals surface area contributed by atoms with Crippen LogP contribution in [0.4, 0.5) is 4.39 Å². The van der Waals surface area contributed by atoms with E-state index in [0.717, 1.165) is 6.42 Å². The van der Waals surface area contributed by atoms with Gasteiger partial charge in [-0.1, -0.05) is 25.9 Å². The van der Waals surface area contributed by atoms with Gasteiger partial charge in [-0.3, -0.25) is 0 Å². The highest BCUT2D eigenvalue weighted by Crippen LogP contribution is 2.29. The van der Waals surface area contributed by atoms with Gasteiger partial charge in [0.2, 0.25) is 0 Å². The first-order valence-corrected chi connectivity index (χ1v) is 6.64. The normalized spacial score (nSPS) is 12.6. The van der Waals surface area contributed by atoms with Crippen LogP contribution in [-0.4, -0.2) is 17.6 Å². The smallest absolute Gasteiger partial charge is 0.179 e. The van der Waals surface area contributed by atoms with E-state index >= 15 is 0 Å². The van der Waals surface area contributed by atoms with Crippen LogP contribution in [0.3, 0.4) is 0 Å². The average Bonchev–Trinajstić information content (AvgIpc) is 2.32. The SMILES string of the molecule is CC(C)(C)CCOc1ccc(/C(N)=N/O)c(Br)c1F. The Bertz CT molecular complexity index is 484. The van der Waals surface area contributed by atoms with Crippen molar-refractivity contribution in [3.05, 3.63) is 28.0 Å². The predicted octanol–water partition coefficient (Wildman–Crippen LogP) is 3.50. The molecule has 0 atom stereocenters. The summed E-state index contributed by atoms with van der Waals surface area (Å²) in [6.45, 7) is 6.69. The lowest BCUT2D eigenvalue weighted by Gasteiger charge is -2.18. The minimum absolute atomic E-state index is 0.121. The first-order chi connectivity index (χ1) is 8.76. The Balaban J connectivity index is 2.86. The van der Waals surface area contributed by atoms with E-state index in [1.165, 1.54) is 12.1 Å². The average molecular weight is 333 g/mol. The van der Waals surface area contributed by atoms with Crippen molar-refractivity contribution in [3.63, 3.8) is 0 Å². The quantitative estimate of drug-likeness (QED) is 0.384. The molecule has 0 aliphatic carbocycles. The van der Waals surface area contributed by atoms with Gasteiger partial charge in [0.1, 0.15) is 0 Å². The van der Waals surface area contributed by atoms with Crippen molar-refractivity contribution in [2.45, 2.75) is 27.2 Å². The highest BCUT2D eigenvalue weighted by Gasteiger charge is 2.16. The van der Waals surface area contributed by atoms with Gasteiger partial charge in [-0.2, -0.15) is 0 Å². The van der Waals surface area contributed by atoms with E-state index in [-0.39, 0.29) is 27.0 Å².